The molecule has 158 valence electrons. The van der Waals surface area contributed by atoms with Crippen LogP contribution in [0.4, 0.5) is 5.00 Å². The average Bonchev–Trinajstić information content (AvgIpc) is 3.27. The number of hydrogen-bond acceptors (Lipinski definition) is 6. The highest BCUT2D eigenvalue weighted by Crippen LogP contribution is 2.40. The molecule has 1 fully saturated rings. The zero-order valence-corrected chi connectivity index (χ0v) is 17.9. The first-order valence-corrected chi connectivity index (χ1v) is 10.9. The van der Waals surface area contributed by atoms with Gasteiger partial charge in [-0.15, -0.1) is 11.3 Å². The monoisotopic (exact) mass is 427 g/mol. The first-order valence-electron chi connectivity index (χ1n) is 10.1. The van der Waals surface area contributed by atoms with Crippen LogP contribution in [0.3, 0.4) is 0 Å². The molecule has 1 aliphatic carbocycles. The van der Waals surface area contributed by atoms with E-state index in [4.69, 9.17) is 4.74 Å². The lowest BCUT2D eigenvalue weighted by Gasteiger charge is -2.22. The van der Waals surface area contributed by atoms with E-state index < -0.39 is 12.0 Å². The van der Waals surface area contributed by atoms with Crippen LogP contribution >= 0.6 is 11.3 Å². The average molecular weight is 428 g/mol. The SMILES string of the molecule is COC(=O)c1c(NC(=O)[C@@H]2CC(=O)NN2Cc2ccccc2)sc2c1CC[C@@H](C)C2. The maximum absolute atomic E-state index is 13.1. The maximum atomic E-state index is 13.1. The summed E-state index contributed by atoms with van der Waals surface area (Å²) in [6.07, 6.45) is 2.78. The topological polar surface area (TPSA) is 87.7 Å². The van der Waals surface area contributed by atoms with Crippen LogP contribution in [-0.4, -0.2) is 35.9 Å². The van der Waals surface area contributed by atoms with E-state index in [1.165, 1.54) is 18.4 Å². The molecule has 2 N–H and O–H groups in total. The number of methoxy groups -OCH3 is 1. The molecule has 8 heteroatoms. The first-order chi connectivity index (χ1) is 14.5. The summed E-state index contributed by atoms with van der Waals surface area (Å²) in [4.78, 5) is 38.7. The summed E-state index contributed by atoms with van der Waals surface area (Å²) in [7, 11) is 1.35. The molecule has 2 aromatic rings. The Morgan fingerprint density at radius 3 is 2.77 bits per heavy atom. The van der Waals surface area contributed by atoms with Gasteiger partial charge in [0.2, 0.25) is 11.8 Å². The Labute approximate surface area is 179 Å². The minimum absolute atomic E-state index is 0.0777. The van der Waals surface area contributed by atoms with Crippen molar-refractivity contribution in [3.05, 3.63) is 51.9 Å². The van der Waals surface area contributed by atoms with E-state index in [1.54, 1.807) is 5.01 Å². The summed E-state index contributed by atoms with van der Waals surface area (Å²) in [5.74, 6) is -0.387. The molecule has 0 radical (unpaired) electrons. The van der Waals surface area contributed by atoms with Crippen LogP contribution in [0, 0.1) is 5.92 Å². The van der Waals surface area contributed by atoms with E-state index in [2.05, 4.69) is 17.7 Å². The lowest BCUT2D eigenvalue weighted by atomic mass is 9.88. The first kappa shape index (κ1) is 20.6. The number of fused-ring (bicyclic) bond motifs is 1. The van der Waals surface area contributed by atoms with Crippen molar-refractivity contribution >= 4 is 34.1 Å². The summed E-state index contributed by atoms with van der Waals surface area (Å²) >= 11 is 1.45. The summed E-state index contributed by atoms with van der Waals surface area (Å²) in [6, 6.07) is 9.00. The van der Waals surface area contributed by atoms with Crippen LogP contribution in [0.15, 0.2) is 30.3 Å². The fourth-order valence-corrected chi connectivity index (χ4v) is 5.49. The number of nitrogens with zero attached hydrogens (tertiary/aromatic N) is 1. The molecule has 2 heterocycles. The molecule has 0 bridgehead atoms. The minimum Gasteiger partial charge on any atom is -0.465 e. The third-order valence-corrected chi connectivity index (χ3v) is 6.83. The van der Waals surface area contributed by atoms with Crippen molar-refractivity contribution in [2.45, 2.75) is 45.2 Å². The Morgan fingerprint density at radius 2 is 2.03 bits per heavy atom. The highest BCUT2D eigenvalue weighted by atomic mass is 32.1. The fourth-order valence-electron chi connectivity index (χ4n) is 4.09. The van der Waals surface area contributed by atoms with Crippen LogP contribution in [0.1, 0.15) is 46.1 Å². The predicted octanol–water partition coefficient (Wildman–Crippen LogP) is 2.90. The summed E-state index contributed by atoms with van der Waals surface area (Å²) in [5, 5.41) is 5.09. The number of anilines is 1. The number of rotatable bonds is 5. The Hall–Kier alpha value is -2.71. The minimum atomic E-state index is -0.652. The molecule has 4 rings (SSSR count). The Bertz CT molecular complexity index is 972. The highest BCUT2D eigenvalue weighted by molar-refractivity contribution is 7.17. The second kappa shape index (κ2) is 8.57. The summed E-state index contributed by atoms with van der Waals surface area (Å²) < 4.78 is 4.99. The van der Waals surface area contributed by atoms with Gasteiger partial charge in [0.25, 0.3) is 0 Å². The molecular formula is C22H25N3O4S. The molecule has 2 aliphatic rings. The molecule has 0 saturated carbocycles. The van der Waals surface area contributed by atoms with Gasteiger partial charge in [0.1, 0.15) is 11.0 Å². The van der Waals surface area contributed by atoms with Gasteiger partial charge in [0.05, 0.1) is 19.1 Å². The lowest BCUT2D eigenvalue weighted by molar-refractivity contribution is -0.121. The molecule has 1 aliphatic heterocycles. The normalized spacial score (nSPS) is 21.1. The van der Waals surface area contributed by atoms with Gasteiger partial charge in [-0.3, -0.25) is 15.0 Å². The van der Waals surface area contributed by atoms with Crippen LogP contribution in [-0.2, 0) is 33.7 Å². The van der Waals surface area contributed by atoms with Crippen LogP contribution in [0.25, 0.3) is 0 Å². The third-order valence-electron chi connectivity index (χ3n) is 5.66. The van der Waals surface area contributed by atoms with Gasteiger partial charge in [-0.2, -0.15) is 0 Å². The van der Waals surface area contributed by atoms with Gasteiger partial charge >= 0.3 is 5.97 Å². The van der Waals surface area contributed by atoms with Crippen molar-refractivity contribution in [3.63, 3.8) is 0 Å². The molecule has 7 nitrogen and oxygen atoms in total. The lowest BCUT2D eigenvalue weighted by Crippen LogP contribution is -2.43. The summed E-state index contributed by atoms with van der Waals surface area (Å²) in [6.45, 7) is 2.61. The van der Waals surface area contributed by atoms with Gasteiger partial charge < -0.3 is 10.1 Å². The number of thiophene rings is 1. The van der Waals surface area contributed by atoms with E-state index in [1.807, 2.05) is 30.3 Å². The molecule has 2 amide bonds. The van der Waals surface area contributed by atoms with Crippen molar-refractivity contribution in [2.24, 2.45) is 5.92 Å². The van der Waals surface area contributed by atoms with Crippen molar-refractivity contribution in [3.8, 4) is 0 Å². The van der Waals surface area contributed by atoms with E-state index in [0.717, 1.165) is 35.3 Å². The van der Waals surface area contributed by atoms with Crippen molar-refractivity contribution in [1.29, 1.82) is 0 Å². The molecule has 0 unspecified atom stereocenters. The van der Waals surface area contributed by atoms with E-state index >= 15 is 0 Å². The number of amides is 2. The zero-order chi connectivity index (χ0) is 21.3. The molecule has 1 aromatic carbocycles. The smallest absolute Gasteiger partial charge is 0.341 e. The molecule has 30 heavy (non-hydrogen) atoms. The van der Waals surface area contributed by atoms with Crippen LogP contribution < -0.4 is 10.7 Å². The molecular weight excluding hydrogens is 402 g/mol. The van der Waals surface area contributed by atoms with E-state index in [0.29, 0.717) is 23.0 Å². The van der Waals surface area contributed by atoms with Gasteiger partial charge in [-0.1, -0.05) is 37.3 Å². The number of hydrogen-bond donors (Lipinski definition) is 2. The van der Waals surface area contributed by atoms with E-state index in [-0.39, 0.29) is 18.2 Å². The number of esters is 1. The number of benzene rings is 1. The van der Waals surface area contributed by atoms with Crippen LogP contribution in [0.5, 0.6) is 0 Å². The fraction of sp³-hybridized carbons (Fsp3) is 0.409. The number of carbonyl (C=O) groups excluding carboxylic acids is 3. The van der Waals surface area contributed by atoms with Gasteiger partial charge in [0, 0.05) is 11.4 Å². The van der Waals surface area contributed by atoms with Crippen molar-refractivity contribution in [1.82, 2.24) is 10.4 Å². The van der Waals surface area contributed by atoms with Gasteiger partial charge in [-0.05, 0) is 36.3 Å². The van der Waals surface area contributed by atoms with Crippen molar-refractivity contribution in [2.75, 3.05) is 12.4 Å². The Balaban J connectivity index is 1.57. The van der Waals surface area contributed by atoms with Crippen molar-refractivity contribution < 1.29 is 19.1 Å². The third kappa shape index (κ3) is 4.11. The largest absolute Gasteiger partial charge is 0.465 e. The second-order valence-corrected chi connectivity index (χ2v) is 9.01. The predicted molar refractivity (Wildman–Crippen MR) is 114 cm³/mol. The molecule has 1 saturated heterocycles. The maximum Gasteiger partial charge on any atom is 0.341 e. The van der Waals surface area contributed by atoms with E-state index in [9.17, 15) is 14.4 Å². The van der Waals surface area contributed by atoms with Crippen LogP contribution in [0.2, 0.25) is 0 Å². The standard InChI is InChI=1S/C22H25N3O4S/c1-13-8-9-15-17(10-13)30-21(19(15)22(28)29-2)23-20(27)16-11-18(26)24-25(16)12-14-6-4-3-5-7-14/h3-7,13,16H,8-12H2,1-2H3,(H,23,27)(H,24,26)/t13-,16+/m1/s1. The molecule has 2 atom stereocenters. The number of carbonyl (C=O) groups is 3. The molecule has 1 aromatic heterocycles. The van der Waals surface area contributed by atoms with Gasteiger partial charge in [0.15, 0.2) is 0 Å². The number of ether oxygens (including phenoxy) is 1. The Kier molecular flexibility index (Phi) is 5.87. The highest BCUT2D eigenvalue weighted by Gasteiger charge is 2.37. The quantitative estimate of drug-likeness (QED) is 0.717. The number of hydrazine groups is 1. The zero-order valence-electron chi connectivity index (χ0n) is 17.1. The molecule has 0 spiro atoms. The van der Waals surface area contributed by atoms with Gasteiger partial charge in [-0.25, -0.2) is 9.80 Å². The Morgan fingerprint density at radius 1 is 1.27 bits per heavy atom. The summed E-state index contributed by atoms with van der Waals surface area (Å²) in [5.41, 5.74) is 5.21. The number of nitrogens with one attached hydrogen (secondary N) is 2. The second-order valence-electron chi connectivity index (χ2n) is 7.91.